The van der Waals surface area contributed by atoms with Crippen molar-refractivity contribution in [2.75, 3.05) is 32.8 Å². The number of likely N-dealkylation sites (tertiary alicyclic amines) is 1. The van der Waals surface area contributed by atoms with Crippen LogP contribution < -0.4 is 10.1 Å². The normalized spacial score (nSPS) is 23.8. The molecule has 3 aliphatic heterocycles. The SMILES string of the molecule is CC1CCN(C(=O)COC(=O)CN2C(=O)N[C@]3(CCOc4ccccc43)C2=O)CC1. The molecule has 1 atom stereocenters. The molecule has 0 unspecified atom stereocenters. The van der Waals surface area contributed by atoms with E-state index in [9.17, 15) is 19.2 Å². The summed E-state index contributed by atoms with van der Waals surface area (Å²) in [6, 6.07) is 6.35. The topological polar surface area (TPSA) is 105 Å². The number of fused-ring (bicyclic) bond motifs is 2. The van der Waals surface area contributed by atoms with Crippen molar-refractivity contribution in [2.24, 2.45) is 5.92 Å². The van der Waals surface area contributed by atoms with Gasteiger partial charge in [0.15, 0.2) is 12.1 Å². The fourth-order valence-electron chi connectivity index (χ4n) is 4.18. The number of piperidine rings is 1. The van der Waals surface area contributed by atoms with E-state index in [-0.39, 0.29) is 18.9 Å². The van der Waals surface area contributed by atoms with Crippen molar-refractivity contribution < 1.29 is 28.7 Å². The molecule has 9 heteroatoms. The maximum atomic E-state index is 13.1. The lowest BCUT2D eigenvalue weighted by Gasteiger charge is -2.33. The summed E-state index contributed by atoms with van der Waals surface area (Å²) in [5.74, 6) is -0.462. The van der Waals surface area contributed by atoms with Gasteiger partial charge in [0.25, 0.3) is 11.8 Å². The van der Waals surface area contributed by atoms with Gasteiger partial charge in [-0.05, 0) is 24.8 Å². The van der Waals surface area contributed by atoms with Crippen molar-refractivity contribution >= 4 is 23.8 Å². The monoisotopic (exact) mass is 415 g/mol. The Morgan fingerprint density at radius 1 is 1.23 bits per heavy atom. The van der Waals surface area contributed by atoms with Crippen LogP contribution in [0.5, 0.6) is 5.75 Å². The van der Waals surface area contributed by atoms with Gasteiger partial charge in [0.2, 0.25) is 0 Å². The van der Waals surface area contributed by atoms with E-state index in [0.29, 0.717) is 30.3 Å². The molecule has 9 nitrogen and oxygen atoms in total. The van der Waals surface area contributed by atoms with Crippen LogP contribution in [0.15, 0.2) is 24.3 Å². The summed E-state index contributed by atoms with van der Waals surface area (Å²) in [5.41, 5.74) is -0.674. The van der Waals surface area contributed by atoms with Gasteiger partial charge in [0, 0.05) is 25.1 Å². The molecule has 160 valence electrons. The average molecular weight is 415 g/mol. The van der Waals surface area contributed by atoms with Crippen LogP contribution in [0.4, 0.5) is 4.79 Å². The third kappa shape index (κ3) is 3.59. The van der Waals surface area contributed by atoms with Crippen LogP contribution in [0.25, 0.3) is 0 Å². The molecule has 2 saturated heterocycles. The number of benzene rings is 1. The molecule has 0 aliphatic carbocycles. The molecule has 4 amide bonds. The van der Waals surface area contributed by atoms with Gasteiger partial charge in [0.1, 0.15) is 12.3 Å². The highest BCUT2D eigenvalue weighted by Crippen LogP contribution is 2.40. The summed E-state index contributed by atoms with van der Waals surface area (Å²) in [4.78, 5) is 52.6. The van der Waals surface area contributed by atoms with Crippen LogP contribution in [-0.4, -0.2) is 66.5 Å². The van der Waals surface area contributed by atoms with Crippen LogP contribution in [0.3, 0.4) is 0 Å². The van der Waals surface area contributed by atoms with Gasteiger partial charge in [0.05, 0.1) is 6.61 Å². The highest BCUT2D eigenvalue weighted by atomic mass is 16.5. The number of nitrogens with one attached hydrogen (secondary N) is 1. The maximum absolute atomic E-state index is 13.1. The Morgan fingerprint density at radius 3 is 2.73 bits per heavy atom. The highest BCUT2D eigenvalue weighted by Gasteiger charge is 2.55. The fourth-order valence-corrected chi connectivity index (χ4v) is 4.18. The highest BCUT2D eigenvalue weighted by molar-refractivity contribution is 6.09. The second-order valence-corrected chi connectivity index (χ2v) is 8.05. The van der Waals surface area contributed by atoms with Gasteiger partial charge in [-0.2, -0.15) is 0 Å². The smallest absolute Gasteiger partial charge is 0.326 e. The van der Waals surface area contributed by atoms with Gasteiger partial charge in [-0.15, -0.1) is 0 Å². The minimum atomic E-state index is -1.24. The van der Waals surface area contributed by atoms with Crippen molar-refractivity contribution in [3.05, 3.63) is 29.8 Å². The Kier molecular flexibility index (Phi) is 5.36. The Balaban J connectivity index is 1.37. The number of para-hydroxylation sites is 1. The number of hydrogen-bond donors (Lipinski definition) is 1. The third-order valence-corrected chi connectivity index (χ3v) is 6.04. The molecule has 1 spiro atoms. The minimum Gasteiger partial charge on any atom is -0.493 e. The molecule has 0 saturated carbocycles. The van der Waals surface area contributed by atoms with Gasteiger partial charge >= 0.3 is 12.0 Å². The zero-order chi connectivity index (χ0) is 21.3. The quantitative estimate of drug-likeness (QED) is 0.581. The van der Waals surface area contributed by atoms with Crippen LogP contribution in [0, 0.1) is 5.92 Å². The summed E-state index contributed by atoms with van der Waals surface area (Å²) < 4.78 is 10.6. The van der Waals surface area contributed by atoms with Gasteiger partial charge in [-0.25, -0.2) is 4.79 Å². The van der Waals surface area contributed by atoms with Gasteiger partial charge in [-0.3, -0.25) is 19.3 Å². The van der Waals surface area contributed by atoms with Crippen LogP contribution in [0.1, 0.15) is 31.7 Å². The largest absolute Gasteiger partial charge is 0.493 e. The first-order chi connectivity index (χ1) is 14.4. The van der Waals surface area contributed by atoms with E-state index in [4.69, 9.17) is 9.47 Å². The number of ether oxygens (including phenoxy) is 2. The molecule has 3 aliphatic rings. The van der Waals surface area contributed by atoms with E-state index in [1.54, 1.807) is 29.2 Å². The van der Waals surface area contributed by atoms with Crippen molar-refractivity contribution in [3.8, 4) is 5.75 Å². The molecule has 0 bridgehead atoms. The Hall–Kier alpha value is -3.10. The number of carbonyl (C=O) groups is 4. The molecule has 1 aromatic rings. The summed E-state index contributed by atoms with van der Waals surface area (Å²) in [5, 5.41) is 2.73. The molecule has 2 fully saturated rings. The number of amides is 4. The molecular formula is C21H25N3O6. The zero-order valence-electron chi connectivity index (χ0n) is 16.9. The summed E-state index contributed by atoms with van der Waals surface area (Å²) >= 11 is 0. The summed E-state index contributed by atoms with van der Waals surface area (Å²) in [6.07, 6.45) is 2.12. The van der Waals surface area contributed by atoms with Crippen LogP contribution >= 0.6 is 0 Å². The molecule has 4 rings (SSSR count). The lowest BCUT2D eigenvalue weighted by molar-refractivity contribution is -0.154. The second kappa shape index (κ2) is 7.97. The first-order valence-corrected chi connectivity index (χ1v) is 10.2. The fraction of sp³-hybridized carbons (Fsp3) is 0.524. The number of hydrogen-bond acceptors (Lipinski definition) is 6. The van der Waals surface area contributed by atoms with E-state index in [0.717, 1.165) is 17.7 Å². The minimum absolute atomic E-state index is 0.262. The van der Waals surface area contributed by atoms with Crippen molar-refractivity contribution in [3.63, 3.8) is 0 Å². The lowest BCUT2D eigenvalue weighted by Crippen LogP contribution is -2.48. The first-order valence-electron chi connectivity index (χ1n) is 10.2. The van der Waals surface area contributed by atoms with Gasteiger partial charge < -0.3 is 19.7 Å². The average Bonchev–Trinajstić information content (AvgIpc) is 2.97. The second-order valence-electron chi connectivity index (χ2n) is 8.05. The number of esters is 1. The molecule has 1 aromatic carbocycles. The molecule has 0 aromatic heterocycles. The number of imide groups is 1. The predicted molar refractivity (Wildman–Crippen MR) is 104 cm³/mol. The van der Waals surface area contributed by atoms with Crippen molar-refractivity contribution in [1.29, 1.82) is 0 Å². The number of rotatable bonds is 4. The summed E-state index contributed by atoms with van der Waals surface area (Å²) in [7, 11) is 0. The lowest BCUT2D eigenvalue weighted by atomic mass is 9.84. The van der Waals surface area contributed by atoms with Crippen molar-refractivity contribution in [2.45, 2.75) is 31.7 Å². The Morgan fingerprint density at radius 2 is 1.97 bits per heavy atom. The molecule has 0 radical (unpaired) electrons. The van der Waals surface area contributed by atoms with E-state index >= 15 is 0 Å². The standard InChI is InChI=1S/C21H25N3O6/c1-14-6-9-23(10-7-14)17(25)13-30-18(26)12-24-19(27)21(22-20(24)28)8-11-29-16-5-3-2-4-15(16)21/h2-5,14H,6-13H2,1H3,(H,22,28)/t21-/m0/s1. The van der Waals surface area contributed by atoms with Crippen LogP contribution in [0.2, 0.25) is 0 Å². The molecule has 1 N–H and O–H groups in total. The van der Waals surface area contributed by atoms with E-state index in [1.807, 2.05) is 0 Å². The predicted octanol–water partition coefficient (Wildman–Crippen LogP) is 1.02. The van der Waals surface area contributed by atoms with Crippen molar-refractivity contribution in [1.82, 2.24) is 15.1 Å². The number of carbonyl (C=O) groups excluding carboxylic acids is 4. The number of urea groups is 1. The van der Waals surface area contributed by atoms with Crippen LogP contribution in [-0.2, 0) is 24.7 Å². The molecule has 3 heterocycles. The van der Waals surface area contributed by atoms with E-state index in [2.05, 4.69) is 12.2 Å². The number of nitrogens with zero attached hydrogens (tertiary/aromatic N) is 2. The van der Waals surface area contributed by atoms with E-state index < -0.39 is 36.6 Å². The maximum Gasteiger partial charge on any atom is 0.326 e. The Labute approximate surface area is 174 Å². The molecular weight excluding hydrogens is 390 g/mol. The van der Waals surface area contributed by atoms with Gasteiger partial charge in [-0.1, -0.05) is 25.1 Å². The zero-order valence-corrected chi connectivity index (χ0v) is 16.9. The summed E-state index contributed by atoms with van der Waals surface area (Å²) in [6.45, 7) is 2.77. The third-order valence-electron chi connectivity index (χ3n) is 6.04. The Bertz CT molecular complexity index is 879. The molecule has 30 heavy (non-hydrogen) atoms. The van der Waals surface area contributed by atoms with E-state index in [1.165, 1.54) is 0 Å². The first kappa shape index (κ1) is 20.2.